The van der Waals surface area contributed by atoms with Crippen molar-refractivity contribution in [3.8, 4) is 5.75 Å². The topological polar surface area (TPSA) is 66.8 Å². The first-order chi connectivity index (χ1) is 9.99. The van der Waals surface area contributed by atoms with E-state index in [1.54, 1.807) is 24.3 Å². The van der Waals surface area contributed by atoms with Crippen LogP contribution in [0.5, 0.6) is 5.75 Å². The monoisotopic (exact) mass is 286 g/mol. The largest absolute Gasteiger partial charge is 0.489 e. The lowest BCUT2D eigenvalue weighted by Gasteiger charge is -2.14. The smallest absolute Gasteiger partial charge is 0.337 e. The molecule has 0 aliphatic rings. The quantitative estimate of drug-likeness (QED) is 0.886. The summed E-state index contributed by atoms with van der Waals surface area (Å²) in [4.78, 5) is 10.9. The third kappa shape index (κ3) is 3.61. The Morgan fingerprint density at radius 3 is 2.57 bits per heavy atom. The van der Waals surface area contributed by atoms with Crippen LogP contribution in [-0.4, -0.2) is 16.2 Å². The van der Waals surface area contributed by atoms with Crippen molar-refractivity contribution in [2.24, 2.45) is 0 Å². The average molecular weight is 286 g/mol. The van der Waals surface area contributed by atoms with Crippen molar-refractivity contribution in [2.45, 2.75) is 26.6 Å². The number of aliphatic hydroxyl groups is 1. The number of aliphatic carboxylic acids is 1. The minimum absolute atomic E-state index is 0.213. The molecule has 110 valence electrons. The van der Waals surface area contributed by atoms with E-state index in [1.165, 1.54) is 0 Å². The summed E-state index contributed by atoms with van der Waals surface area (Å²) < 4.78 is 5.74. The molecular weight excluding hydrogens is 268 g/mol. The molecular formula is C17H18O4. The third-order valence-electron chi connectivity index (χ3n) is 3.30. The maximum absolute atomic E-state index is 10.9. The summed E-state index contributed by atoms with van der Waals surface area (Å²) >= 11 is 0. The first kappa shape index (κ1) is 15.1. The lowest BCUT2D eigenvalue weighted by atomic mass is 10.0. The average Bonchev–Trinajstić information content (AvgIpc) is 2.46. The van der Waals surface area contributed by atoms with Gasteiger partial charge in [-0.15, -0.1) is 0 Å². The van der Waals surface area contributed by atoms with E-state index < -0.39 is 12.1 Å². The Hall–Kier alpha value is -2.33. The number of aliphatic hydroxyl groups excluding tert-OH is 1. The third-order valence-corrected chi connectivity index (χ3v) is 3.30. The van der Waals surface area contributed by atoms with Gasteiger partial charge in [-0.2, -0.15) is 0 Å². The second-order valence-corrected chi connectivity index (χ2v) is 5.00. The van der Waals surface area contributed by atoms with Gasteiger partial charge >= 0.3 is 5.97 Å². The van der Waals surface area contributed by atoms with E-state index in [0.717, 1.165) is 16.9 Å². The molecule has 2 N–H and O–H groups in total. The molecule has 2 rings (SSSR count). The molecule has 0 spiro atoms. The zero-order valence-corrected chi connectivity index (χ0v) is 12.0. The lowest BCUT2D eigenvalue weighted by molar-refractivity contribution is -0.147. The SMILES string of the molecule is Cc1ccc(OCc2ccccc2C(O)C(=O)O)c(C)c1. The predicted octanol–water partition coefficient (Wildman–Crippen LogP) is 3.00. The van der Waals surface area contributed by atoms with Crippen LogP contribution in [-0.2, 0) is 11.4 Å². The van der Waals surface area contributed by atoms with Crippen LogP contribution in [0.2, 0.25) is 0 Å². The first-order valence-electron chi connectivity index (χ1n) is 6.68. The highest BCUT2D eigenvalue weighted by atomic mass is 16.5. The van der Waals surface area contributed by atoms with Crippen LogP contribution >= 0.6 is 0 Å². The number of carboxylic acids is 1. The number of hydrogen-bond donors (Lipinski definition) is 2. The highest BCUT2D eigenvalue weighted by molar-refractivity contribution is 5.74. The molecule has 0 amide bonds. The van der Waals surface area contributed by atoms with Crippen molar-refractivity contribution in [3.05, 3.63) is 64.7 Å². The minimum Gasteiger partial charge on any atom is -0.489 e. The molecule has 2 aromatic rings. The van der Waals surface area contributed by atoms with Gasteiger partial charge in [-0.05, 0) is 36.6 Å². The van der Waals surface area contributed by atoms with Crippen LogP contribution < -0.4 is 4.74 Å². The number of benzene rings is 2. The fourth-order valence-electron chi connectivity index (χ4n) is 2.18. The molecule has 21 heavy (non-hydrogen) atoms. The molecule has 2 aromatic carbocycles. The molecule has 0 aromatic heterocycles. The van der Waals surface area contributed by atoms with Gasteiger partial charge in [-0.3, -0.25) is 0 Å². The first-order valence-corrected chi connectivity index (χ1v) is 6.68. The summed E-state index contributed by atoms with van der Waals surface area (Å²) in [7, 11) is 0. The molecule has 0 bridgehead atoms. The van der Waals surface area contributed by atoms with E-state index in [9.17, 15) is 9.90 Å². The van der Waals surface area contributed by atoms with Crippen molar-refractivity contribution in [1.82, 2.24) is 0 Å². The van der Waals surface area contributed by atoms with Gasteiger partial charge in [0, 0.05) is 0 Å². The van der Waals surface area contributed by atoms with Gasteiger partial charge in [0.25, 0.3) is 0 Å². The van der Waals surface area contributed by atoms with Gasteiger partial charge in [0.2, 0.25) is 0 Å². The van der Waals surface area contributed by atoms with Crippen LogP contribution in [0, 0.1) is 13.8 Å². The maximum Gasteiger partial charge on any atom is 0.337 e. The Balaban J connectivity index is 2.18. The second-order valence-electron chi connectivity index (χ2n) is 5.00. The molecule has 0 saturated carbocycles. The highest BCUT2D eigenvalue weighted by Gasteiger charge is 2.19. The van der Waals surface area contributed by atoms with Gasteiger partial charge < -0.3 is 14.9 Å². The Labute approximate surface area is 123 Å². The Morgan fingerprint density at radius 1 is 1.19 bits per heavy atom. The Morgan fingerprint density at radius 2 is 1.90 bits per heavy atom. The van der Waals surface area contributed by atoms with Gasteiger partial charge in [-0.25, -0.2) is 4.79 Å². The van der Waals surface area contributed by atoms with Crippen molar-refractivity contribution in [3.63, 3.8) is 0 Å². The molecule has 0 aliphatic carbocycles. The number of hydrogen-bond acceptors (Lipinski definition) is 3. The fraction of sp³-hybridized carbons (Fsp3) is 0.235. The van der Waals surface area contributed by atoms with E-state index in [4.69, 9.17) is 9.84 Å². The van der Waals surface area contributed by atoms with Crippen LogP contribution in [0.15, 0.2) is 42.5 Å². The van der Waals surface area contributed by atoms with Gasteiger partial charge in [-0.1, -0.05) is 42.0 Å². The molecule has 0 aliphatic heterocycles. The van der Waals surface area contributed by atoms with E-state index in [1.807, 2.05) is 32.0 Å². The molecule has 0 heterocycles. The van der Waals surface area contributed by atoms with Gasteiger partial charge in [0.05, 0.1) is 0 Å². The second kappa shape index (κ2) is 6.41. The Bertz CT molecular complexity index is 649. The summed E-state index contributed by atoms with van der Waals surface area (Å²) in [6.45, 7) is 4.18. The van der Waals surface area contributed by atoms with Gasteiger partial charge in [0.1, 0.15) is 12.4 Å². The predicted molar refractivity (Wildman–Crippen MR) is 79.3 cm³/mol. The zero-order chi connectivity index (χ0) is 15.4. The van der Waals surface area contributed by atoms with E-state index >= 15 is 0 Å². The molecule has 1 unspecified atom stereocenters. The number of carbonyl (C=O) groups is 1. The minimum atomic E-state index is -1.54. The molecule has 0 fully saturated rings. The zero-order valence-electron chi connectivity index (χ0n) is 12.0. The standard InChI is InChI=1S/C17H18O4/c1-11-7-8-15(12(2)9-11)21-10-13-5-3-4-6-14(13)16(18)17(19)20/h3-9,16,18H,10H2,1-2H3,(H,19,20). The van der Waals surface area contributed by atoms with Crippen LogP contribution in [0.25, 0.3) is 0 Å². The Kier molecular flexibility index (Phi) is 4.60. The van der Waals surface area contributed by atoms with E-state index in [-0.39, 0.29) is 6.61 Å². The summed E-state index contributed by atoms with van der Waals surface area (Å²) in [5.41, 5.74) is 3.19. The van der Waals surface area contributed by atoms with Gasteiger partial charge in [0.15, 0.2) is 6.10 Å². The molecule has 0 radical (unpaired) electrons. The molecule has 4 heteroatoms. The molecule has 4 nitrogen and oxygen atoms in total. The summed E-state index contributed by atoms with van der Waals surface area (Å²) in [5.74, 6) is -0.519. The highest BCUT2D eigenvalue weighted by Crippen LogP contribution is 2.23. The number of aryl methyl sites for hydroxylation is 2. The number of rotatable bonds is 5. The van der Waals surface area contributed by atoms with Crippen molar-refractivity contribution in [2.75, 3.05) is 0 Å². The normalized spacial score (nSPS) is 12.0. The van der Waals surface area contributed by atoms with Crippen LogP contribution in [0.3, 0.4) is 0 Å². The lowest BCUT2D eigenvalue weighted by Crippen LogP contribution is -2.13. The van der Waals surface area contributed by atoms with Crippen molar-refractivity contribution < 1.29 is 19.7 Å². The fourth-order valence-corrected chi connectivity index (χ4v) is 2.18. The van der Waals surface area contributed by atoms with Crippen molar-refractivity contribution in [1.29, 1.82) is 0 Å². The van der Waals surface area contributed by atoms with E-state index in [0.29, 0.717) is 11.1 Å². The summed E-state index contributed by atoms with van der Waals surface area (Å²) in [6.07, 6.45) is -1.54. The number of ether oxygens (including phenoxy) is 1. The van der Waals surface area contributed by atoms with Crippen LogP contribution in [0.1, 0.15) is 28.4 Å². The van der Waals surface area contributed by atoms with E-state index in [2.05, 4.69) is 0 Å². The van der Waals surface area contributed by atoms with Crippen LogP contribution in [0.4, 0.5) is 0 Å². The number of carboxylic acid groups (broad SMARTS) is 1. The van der Waals surface area contributed by atoms with Crippen molar-refractivity contribution >= 4 is 5.97 Å². The summed E-state index contributed by atoms with van der Waals surface area (Å²) in [5, 5.41) is 18.6. The molecule has 1 atom stereocenters. The molecule has 0 saturated heterocycles. The summed E-state index contributed by atoms with van der Waals surface area (Å²) in [6, 6.07) is 12.7. The maximum atomic E-state index is 10.9.